The highest BCUT2D eigenvalue weighted by atomic mass is 32.1. The first kappa shape index (κ1) is 13.7. The van der Waals surface area contributed by atoms with Crippen LogP contribution in [-0.4, -0.2) is 47.3 Å². The second-order valence-corrected chi connectivity index (χ2v) is 4.49. The smallest absolute Gasteiger partial charge is 0.265 e. The Hall–Kier alpha value is -1.35. The van der Waals surface area contributed by atoms with Crippen molar-refractivity contribution in [2.45, 2.75) is 13.0 Å². The minimum absolute atomic E-state index is 0.0781. The second-order valence-electron chi connectivity index (χ2n) is 3.57. The van der Waals surface area contributed by atoms with Crippen LogP contribution in [0.25, 0.3) is 0 Å². The molecule has 0 fully saturated rings. The predicted molar refractivity (Wildman–Crippen MR) is 66.9 cm³/mol. The van der Waals surface area contributed by atoms with Crippen molar-refractivity contribution in [2.24, 2.45) is 0 Å². The summed E-state index contributed by atoms with van der Waals surface area (Å²) in [5, 5.41) is 19.4. The molecule has 1 aromatic rings. The van der Waals surface area contributed by atoms with E-state index in [0.29, 0.717) is 10.4 Å². The molecule has 0 aliphatic rings. The molecule has 2 N–H and O–H groups in total. The molecule has 0 spiro atoms. The standard InChI is InChI=1S/C12H15NO3S/c1-9(8-15)13(2)12(16)11-10(4-3-6-14)5-7-17-11/h5,7,9,14-15H,6,8H2,1-2H3. The van der Waals surface area contributed by atoms with Crippen LogP contribution in [0.15, 0.2) is 11.4 Å². The average molecular weight is 253 g/mol. The Kier molecular flexibility index (Phi) is 5.16. The van der Waals surface area contributed by atoms with Crippen LogP contribution in [0.2, 0.25) is 0 Å². The molecule has 0 aromatic carbocycles. The van der Waals surface area contributed by atoms with Gasteiger partial charge in [0.05, 0.1) is 12.6 Å². The molecule has 0 bridgehead atoms. The highest BCUT2D eigenvalue weighted by Gasteiger charge is 2.20. The highest BCUT2D eigenvalue weighted by molar-refractivity contribution is 7.12. The van der Waals surface area contributed by atoms with Crippen LogP contribution in [0.1, 0.15) is 22.2 Å². The summed E-state index contributed by atoms with van der Waals surface area (Å²) in [7, 11) is 1.65. The zero-order valence-corrected chi connectivity index (χ0v) is 10.6. The van der Waals surface area contributed by atoms with Crippen molar-refractivity contribution in [3.63, 3.8) is 0 Å². The van der Waals surface area contributed by atoms with E-state index in [2.05, 4.69) is 11.8 Å². The number of hydrogen-bond acceptors (Lipinski definition) is 4. The molecule has 1 amide bonds. The van der Waals surface area contributed by atoms with Gasteiger partial charge in [-0.05, 0) is 18.4 Å². The Bertz CT molecular complexity index is 444. The maximum absolute atomic E-state index is 12.1. The maximum atomic E-state index is 12.1. The molecule has 1 heterocycles. The Morgan fingerprint density at radius 2 is 2.29 bits per heavy atom. The summed E-state index contributed by atoms with van der Waals surface area (Å²) in [5.41, 5.74) is 0.617. The summed E-state index contributed by atoms with van der Waals surface area (Å²) in [6, 6.07) is 1.51. The van der Waals surface area contributed by atoms with Gasteiger partial charge in [-0.25, -0.2) is 0 Å². The largest absolute Gasteiger partial charge is 0.394 e. The van der Waals surface area contributed by atoms with Crippen molar-refractivity contribution in [3.8, 4) is 11.8 Å². The number of thiophene rings is 1. The molecule has 0 aliphatic heterocycles. The molecule has 1 unspecified atom stereocenters. The van der Waals surface area contributed by atoms with Gasteiger partial charge in [0.1, 0.15) is 11.5 Å². The van der Waals surface area contributed by atoms with Gasteiger partial charge in [-0.2, -0.15) is 0 Å². The molecule has 4 nitrogen and oxygen atoms in total. The molecule has 17 heavy (non-hydrogen) atoms. The van der Waals surface area contributed by atoms with Gasteiger partial charge in [0.15, 0.2) is 0 Å². The Balaban J connectivity index is 2.93. The van der Waals surface area contributed by atoms with Gasteiger partial charge in [-0.3, -0.25) is 4.79 Å². The second kappa shape index (κ2) is 6.40. The van der Waals surface area contributed by atoms with E-state index in [1.54, 1.807) is 25.4 Å². The van der Waals surface area contributed by atoms with Gasteiger partial charge >= 0.3 is 0 Å². The predicted octanol–water partition coefficient (Wildman–Crippen LogP) is 0.545. The van der Waals surface area contributed by atoms with Crippen LogP contribution in [0.5, 0.6) is 0 Å². The lowest BCUT2D eigenvalue weighted by atomic mass is 10.2. The number of likely N-dealkylation sites (N-methyl/N-ethyl adjacent to an activating group) is 1. The molecule has 5 heteroatoms. The Morgan fingerprint density at radius 1 is 1.59 bits per heavy atom. The van der Waals surface area contributed by atoms with Crippen LogP contribution in [-0.2, 0) is 0 Å². The van der Waals surface area contributed by atoms with Gasteiger partial charge in [0, 0.05) is 12.6 Å². The summed E-state index contributed by atoms with van der Waals surface area (Å²) in [5.74, 6) is 5.09. The number of aliphatic hydroxyl groups is 2. The summed E-state index contributed by atoms with van der Waals surface area (Å²) in [6.07, 6.45) is 0. The normalized spacial score (nSPS) is 11.5. The molecule has 0 saturated carbocycles. The van der Waals surface area contributed by atoms with Gasteiger partial charge in [0.2, 0.25) is 0 Å². The van der Waals surface area contributed by atoms with Crippen molar-refractivity contribution in [1.82, 2.24) is 4.90 Å². The van der Waals surface area contributed by atoms with E-state index in [1.165, 1.54) is 16.2 Å². The monoisotopic (exact) mass is 253 g/mol. The summed E-state index contributed by atoms with van der Waals surface area (Å²) >= 11 is 1.31. The zero-order valence-electron chi connectivity index (χ0n) is 9.80. The molecular weight excluding hydrogens is 238 g/mol. The molecular formula is C12H15NO3S. The third-order valence-electron chi connectivity index (χ3n) is 2.41. The topological polar surface area (TPSA) is 60.8 Å². The lowest BCUT2D eigenvalue weighted by molar-refractivity contribution is 0.0687. The Morgan fingerprint density at radius 3 is 2.88 bits per heavy atom. The lowest BCUT2D eigenvalue weighted by Gasteiger charge is -2.22. The van der Waals surface area contributed by atoms with Crippen LogP contribution < -0.4 is 0 Å². The van der Waals surface area contributed by atoms with Crippen LogP contribution in [0.4, 0.5) is 0 Å². The molecule has 1 rings (SSSR count). The number of carbonyl (C=O) groups is 1. The third-order valence-corrected chi connectivity index (χ3v) is 3.31. The molecule has 92 valence electrons. The van der Waals surface area contributed by atoms with E-state index >= 15 is 0 Å². The minimum atomic E-state index is -0.233. The van der Waals surface area contributed by atoms with Crippen LogP contribution in [0.3, 0.4) is 0 Å². The first-order valence-electron chi connectivity index (χ1n) is 5.17. The van der Waals surface area contributed by atoms with E-state index in [9.17, 15) is 4.79 Å². The first-order valence-corrected chi connectivity index (χ1v) is 6.05. The lowest BCUT2D eigenvalue weighted by Crippen LogP contribution is -2.37. The molecule has 0 saturated heterocycles. The average Bonchev–Trinajstić information content (AvgIpc) is 2.81. The molecule has 1 atom stereocenters. The van der Waals surface area contributed by atoms with Gasteiger partial charge < -0.3 is 15.1 Å². The van der Waals surface area contributed by atoms with E-state index in [-0.39, 0.29) is 25.2 Å². The summed E-state index contributed by atoms with van der Waals surface area (Å²) < 4.78 is 0. The van der Waals surface area contributed by atoms with E-state index in [1.807, 2.05) is 0 Å². The van der Waals surface area contributed by atoms with Crippen molar-refractivity contribution >= 4 is 17.2 Å². The van der Waals surface area contributed by atoms with Crippen LogP contribution in [0, 0.1) is 11.8 Å². The highest BCUT2D eigenvalue weighted by Crippen LogP contribution is 2.18. The number of hydrogen-bond donors (Lipinski definition) is 2. The maximum Gasteiger partial charge on any atom is 0.265 e. The number of amides is 1. The van der Waals surface area contributed by atoms with E-state index in [4.69, 9.17) is 10.2 Å². The van der Waals surface area contributed by atoms with Crippen molar-refractivity contribution in [2.75, 3.05) is 20.3 Å². The number of rotatable bonds is 3. The van der Waals surface area contributed by atoms with Gasteiger partial charge in [0.25, 0.3) is 5.91 Å². The first-order chi connectivity index (χ1) is 8.11. The van der Waals surface area contributed by atoms with E-state index < -0.39 is 0 Å². The fourth-order valence-corrected chi connectivity index (χ4v) is 2.02. The van der Waals surface area contributed by atoms with Gasteiger partial charge in [-0.1, -0.05) is 11.8 Å². The van der Waals surface area contributed by atoms with Gasteiger partial charge in [-0.15, -0.1) is 11.3 Å². The summed E-state index contributed by atoms with van der Waals surface area (Å²) in [4.78, 5) is 14.1. The third kappa shape index (κ3) is 3.30. The minimum Gasteiger partial charge on any atom is -0.394 e. The fraction of sp³-hybridized carbons (Fsp3) is 0.417. The van der Waals surface area contributed by atoms with Crippen molar-refractivity contribution in [1.29, 1.82) is 0 Å². The molecule has 0 radical (unpaired) electrons. The molecule has 0 aliphatic carbocycles. The fourth-order valence-electron chi connectivity index (χ4n) is 1.19. The molecule has 1 aromatic heterocycles. The van der Waals surface area contributed by atoms with Crippen LogP contribution >= 0.6 is 11.3 Å². The van der Waals surface area contributed by atoms with Crippen molar-refractivity contribution in [3.05, 3.63) is 21.9 Å². The number of aliphatic hydroxyl groups excluding tert-OH is 2. The quantitative estimate of drug-likeness (QED) is 0.773. The number of nitrogens with zero attached hydrogens (tertiary/aromatic N) is 1. The summed E-state index contributed by atoms with van der Waals surface area (Å²) in [6.45, 7) is 1.46. The van der Waals surface area contributed by atoms with E-state index in [0.717, 1.165) is 0 Å². The number of carbonyl (C=O) groups excluding carboxylic acids is 1. The van der Waals surface area contributed by atoms with Crippen molar-refractivity contribution < 1.29 is 15.0 Å². The Labute approximate surface area is 105 Å². The zero-order chi connectivity index (χ0) is 12.8. The SMILES string of the molecule is CC(CO)N(C)C(=O)c1sccc1C#CCO.